The number of thiazole rings is 1. The first-order chi connectivity index (χ1) is 8.83. The number of benzene rings is 1. The molecule has 2 rings (SSSR count). The molecule has 1 heterocycles. The molecule has 0 aliphatic rings. The van der Waals surface area contributed by atoms with Crippen molar-refractivity contribution in [1.29, 1.82) is 0 Å². The Morgan fingerprint density at radius 2 is 2.22 bits per heavy atom. The Hall–Kier alpha value is -1.59. The molecule has 0 saturated heterocycles. The molecule has 0 aliphatic carbocycles. The third kappa shape index (κ3) is 3.21. The quantitative estimate of drug-likeness (QED) is 0.842. The third-order valence-electron chi connectivity index (χ3n) is 2.39. The summed E-state index contributed by atoms with van der Waals surface area (Å²) in [5.74, 6) is 0.721. The fourth-order valence-electron chi connectivity index (χ4n) is 1.53. The van der Waals surface area contributed by atoms with Crippen LogP contribution in [0.4, 0.5) is 5.13 Å². The highest BCUT2D eigenvalue weighted by molar-refractivity contribution is 7.15. The van der Waals surface area contributed by atoms with Crippen LogP contribution in [0.5, 0.6) is 5.75 Å². The maximum Gasteiger partial charge on any atom is 0.182 e. The zero-order valence-electron chi connectivity index (χ0n) is 10.2. The van der Waals surface area contributed by atoms with Crippen molar-refractivity contribution in [3.05, 3.63) is 40.9 Å². The summed E-state index contributed by atoms with van der Waals surface area (Å²) in [6.07, 6.45) is 1.81. The number of hydrogen-bond acceptors (Lipinski definition) is 5. The predicted octanol–water partition coefficient (Wildman–Crippen LogP) is 2.65. The fraction of sp³-hybridized carbons (Fsp3) is 0.308. The molecule has 1 aromatic heterocycles. The van der Waals surface area contributed by atoms with Crippen LogP contribution in [-0.4, -0.2) is 16.6 Å². The summed E-state index contributed by atoms with van der Waals surface area (Å²) in [5.41, 5.74) is 0.800. The predicted molar refractivity (Wildman–Crippen MR) is 73.0 cm³/mol. The van der Waals surface area contributed by atoms with Crippen LogP contribution in [0, 0.1) is 0 Å². The van der Waals surface area contributed by atoms with E-state index in [4.69, 9.17) is 4.74 Å². The minimum Gasteiger partial charge on any atom is -0.488 e. The Labute approximate surface area is 110 Å². The second kappa shape index (κ2) is 6.37. The van der Waals surface area contributed by atoms with Gasteiger partial charge in [-0.05, 0) is 13.0 Å². The highest BCUT2D eigenvalue weighted by Gasteiger charge is 2.04. The molecule has 0 radical (unpaired) electrons. The van der Waals surface area contributed by atoms with Crippen LogP contribution in [-0.2, 0) is 13.2 Å². The van der Waals surface area contributed by atoms with Gasteiger partial charge in [-0.3, -0.25) is 0 Å². The maximum absolute atomic E-state index is 9.19. The number of nitrogens with one attached hydrogen (secondary N) is 1. The summed E-state index contributed by atoms with van der Waals surface area (Å²) < 4.78 is 5.69. The van der Waals surface area contributed by atoms with Gasteiger partial charge in [0.15, 0.2) is 5.13 Å². The van der Waals surface area contributed by atoms with Gasteiger partial charge in [0.05, 0.1) is 11.5 Å². The second-order valence-corrected chi connectivity index (χ2v) is 4.83. The smallest absolute Gasteiger partial charge is 0.182 e. The molecular weight excluding hydrogens is 248 g/mol. The molecule has 0 unspecified atom stereocenters. The second-order valence-electron chi connectivity index (χ2n) is 3.72. The lowest BCUT2D eigenvalue weighted by Crippen LogP contribution is -1.96. The van der Waals surface area contributed by atoms with E-state index < -0.39 is 0 Å². The molecule has 0 saturated carbocycles. The molecule has 1 aromatic carbocycles. The summed E-state index contributed by atoms with van der Waals surface area (Å²) in [5, 5.41) is 13.3. The molecule has 18 heavy (non-hydrogen) atoms. The average molecular weight is 264 g/mol. The van der Waals surface area contributed by atoms with E-state index in [1.807, 2.05) is 37.4 Å². The first-order valence-corrected chi connectivity index (χ1v) is 6.65. The first-order valence-electron chi connectivity index (χ1n) is 5.83. The largest absolute Gasteiger partial charge is 0.488 e. The van der Waals surface area contributed by atoms with E-state index in [9.17, 15) is 5.11 Å². The van der Waals surface area contributed by atoms with E-state index in [1.54, 1.807) is 11.3 Å². The van der Waals surface area contributed by atoms with Gasteiger partial charge in [-0.15, -0.1) is 0 Å². The summed E-state index contributed by atoms with van der Waals surface area (Å²) >= 11 is 1.58. The van der Waals surface area contributed by atoms with Crippen LogP contribution < -0.4 is 10.1 Å². The van der Waals surface area contributed by atoms with Crippen LogP contribution >= 0.6 is 11.3 Å². The number of hydrogen-bond donors (Lipinski definition) is 2. The van der Waals surface area contributed by atoms with E-state index in [0.29, 0.717) is 6.61 Å². The van der Waals surface area contributed by atoms with Crippen LogP contribution in [0.1, 0.15) is 17.4 Å². The lowest BCUT2D eigenvalue weighted by molar-refractivity contribution is 0.260. The number of ether oxygens (including phenoxy) is 1. The van der Waals surface area contributed by atoms with E-state index in [-0.39, 0.29) is 6.61 Å². The lowest BCUT2D eigenvalue weighted by Gasteiger charge is -2.08. The summed E-state index contributed by atoms with van der Waals surface area (Å²) in [4.78, 5) is 5.29. The molecule has 0 amide bonds. The number of aliphatic hydroxyl groups is 1. The molecule has 0 spiro atoms. The standard InChI is InChI=1S/C13H16N2O2S/c1-2-14-13-15-7-11(18-13)9-17-12-6-4-3-5-10(12)8-16/h3-7,16H,2,8-9H2,1H3,(H,14,15). The number of aliphatic hydroxyl groups excluding tert-OH is 1. The van der Waals surface area contributed by atoms with E-state index in [1.165, 1.54) is 0 Å². The zero-order valence-corrected chi connectivity index (χ0v) is 11.0. The summed E-state index contributed by atoms with van der Waals surface area (Å²) in [7, 11) is 0. The van der Waals surface area contributed by atoms with Crippen LogP contribution in [0.15, 0.2) is 30.5 Å². The highest BCUT2D eigenvalue weighted by Crippen LogP contribution is 2.22. The van der Waals surface area contributed by atoms with E-state index in [2.05, 4.69) is 10.3 Å². The van der Waals surface area contributed by atoms with Gasteiger partial charge in [-0.2, -0.15) is 0 Å². The van der Waals surface area contributed by atoms with Crippen molar-refractivity contribution in [2.75, 3.05) is 11.9 Å². The minimum absolute atomic E-state index is 0.0124. The van der Waals surface area contributed by atoms with Crippen LogP contribution in [0.2, 0.25) is 0 Å². The van der Waals surface area contributed by atoms with Crippen molar-refractivity contribution in [1.82, 2.24) is 4.98 Å². The summed E-state index contributed by atoms with van der Waals surface area (Å²) in [6.45, 7) is 3.36. The number of anilines is 1. The lowest BCUT2D eigenvalue weighted by atomic mass is 10.2. The Morgan fingerprint density at radius 3 is 3.00 bits per heavy atom. The van der Waals surface area contributed by atoms with Crippen molar-refractivity contribution in [2.24, 2.45) is 0 Å². The molecular formula is C13H16N2O2S. The van der Waals surface area contributed by atoms with Crippen molar-refractivity contribution in [3.63, 3.8) is 0 Å². The van der Waals surface area contributed by atoms with Gasteiger partial charge < -0.3 is 15.2 Å². The Morgan fingerprint density at radius 1 is 1.39 bits per heavy atom. The normalized spacial score (nSPS) is 10.3. The molecule has 96 valence electrons. The number of aromatic nitrogens is 1. The van der Waals surface area contributed by atoms with Gasteiger partial charge in [-0.1, -0.05) is 29.5 Å². The molecule has 2 aromatic rings. The van der Waals surface area contributed by atoms with Gasteiger partial charge in [-0.25, -0.2) is 4.98 Å². The van der Waals surface area contributed by atoms with E-state index >= 15 is 0 Å². The molecule has 0 atom stereocenters. The molecule has 0 bridgehead atoms. The van der Waals surface area contributed by atoms with Crippen molar-refractivity contribution in [2.45, 2.75) is 20.1 Å². The molecule has 0 fully saturated rings. The molecule has 4 nitrogen and oxygen atoms in total. The fourth-order valence-corrected chi connectivity index (χ4v) is 2.32. The maximum atomic E-state index is 9.19. The third-order valence-corrected chi connectivity index (χ3v) is 3.32. The van der Waals surface area contributed by atoms with Gasteiger partial charge in [0.2, 0.25) is 0 Å². The first kappa shape index (κ1) is 12.9. The Bertz CT molecular complexity index is 499. The van der Waals surface area contributed by atoms with Crippen LogP contribution in [0.3, 0.4) is 0 Å². The number of rotatable bonds is 6. The Balaban J connectivity index is 1.97. The zero-order chi connectivity index (χ0) is 12.8. The number of nitrogens with zero attached hydrogens (tertiary/aromatic N) is 1. The van der Waals surface area contributed by atoms with Gasteiger partial charge in [0.25, 0.3) is 0 Å². The number of para-hydroxylation sites is 1. The van der Waals surface area contributed by atoms with Crippen molar-refractivity contribution in [3.8, 4) is 5.75 Å². The monoisotopic (exact) mass is 264 g/mol. The van der Waals surface area contributed by atoms with Crippen LogP contribution in [0.25, 0.3) is 0 Å². The SMILES string of the molecule is CCNc1ncc(COc2ccccc2CO)s1. The molecule has 5 heteroatoms. The minimum atomic E-state index is -0.0124. The van der Waals surface area contributed by atoms with Gasteiger partial charge >= 0.3 is 0 Å². The molecule has 2 N–H and O–H groups in total. The topological polar surface area (TPSA) is 54.4 Å². The van der Waals surface area contributed by atoms with Crippen molar-refractivity contribution >= 4 is 16.5 Å². The van der Waals surface area contributed by atoms with Gasteiger partial charge in [0, 0.05) is 18.3 Å². The summed E-state index contributed by atoms with van der Waals surface area (Å²) in [6, 6.07) is 7.49. The molecule has 0 aliphatic heterocycles. The van der Waals surface area contributed by atoms with E-state index in [0.717, 1.165) is 27.9 Å². The Kier molecular flexibility index (Phi) is 4.55. The van der Waals surface area contributed by atoms with Gasteiger partial charge in [0.1, 0.15) is 12.4 Å². The highest BCUT2D eigenvalue weighted by atomic mass is 32.1. The van der Waals surface area contributed by atoms with Crippen molar-refractivity contribution < 1.29 is 9.84 Å². The average Bonchev–Trinajstić information content (AvgIpc) is 2.85.